The highest BCUT2D eigenvalue weighted by molar-refractivity contribution is 7.99. The second-order valence-electron chi connectivity index (χ2n) is 4.58. The van der Waals surface area contributed by atoms with Crippen LogP contribution in [0.25, 0.3) is 0 Å². The summed E-state index contributed by atoms with van der Waals surface area (Å²) >= 11 is 1.61. The molecule has 0 atom stereocenters. The summed E-state index contributed by atoms with van der Waals surface area (Å²) in [5.41, 5.74) is 1.01. The Morgan fingerprint density at radius 3 is 2.71 bits per heavy atom. The van der Waals surface area contributed by atoms with E-state index in [2.05, 4.69) is 19.2 Å². The molecule has 1 N–H and O–H groups in total. The molecule has 0 saturated heterocycles. The summed E-state index contributed by atoms with van der Waals surface area (Å²) in [4.78, 5) is 0.769. The van der Waals surface area contributed by atoms with Gasteiger partial charge in [-0.2, -0.15) is 0 Å². The van der Waals surface area contributed by atoms with Gasteiger partial charge in [0.05, 0.1) is 0 Å². The van der Waals surface area contributed by atoms with E-state index in [1.807, 2.05) is 19.1 Å². The van der Waals surface area contributed by atoms with Gasteiger partial charge in [-0.15, -0.1) is 11.8 Å². The predicted octanol–water partition coefficient (Wildman–Crippen LogP) is 4.07. The van der Waals surface area contributed by atoms with E-state index in [9.17, 15) is 4.39 Å². The minimum absolute atomic E-state index is 0.0887. The second-order valence-corrected chi connectivity index (χ2v) is 5.71. The standard InChI is InChI=1S/C14H22FNS/c1-4-16-10-12-5-6-14(13(15)9-12)17-8-7-11(2)3/h5-6,9,11,16H,4,7-8,10H2,1-3H3. The first-order chi connectivity index (χ1) is 8.13. The molecule has 0 spiro atoms. The van der Waals surface area contributed by atoms with Gasteiger partial charge in [0.2, 0.25) is 0 Å². The van der Waals surface area contributed by atoms with E-state index in [1.54, 1.807) is 17.8 Å². The molecule has 0 bridgehead atoms. The molecule has 1 aromatic rings. The number of benzene rings is 1. The van der Waals surface area contributed by atoms with Crippen molar-refractivity contribution in [2.45, 2.75) is 38.6 Å². The van der Waals surface area contributed by atoms with Crippen LogP contribution in [0.2, 0.25) is 0 Å². The SMILES string of the molecule is CCNCc1ccc(SCCC(C)C)c(F)c1. The van der Waals surface area contributed by atoms with Gasteiger partial charge in [0.1, 0.15) is 5.82 Å². The van der Waals surface area contributed by atoms with Crippen LogP contribution in [0.1, 0.15) is 32.8 Å². The summed E-state index contributed by atoms with van der Waals surface area (Å²) in [7, 11) is 0. The highest BCUT2D eigenvalue weighted by Gasteiger charge is 2.04. The van der Waals surface area contributed by atoms with Gasteiger partial charge >= 0.3 is 0 Å². The molecule has 17 heavy (non-hydrogen) atoms. The molecule has 0 unspecified atom stereocenters. The molecule has 0 aliphatic heterocycles. The third-order valence-corrected chi connectivity index (χ3v) is 3.61. The molecular weight excluding hydrogens is 233 g/mol. The maximum absolute atomic E-state index is 13.8. The van der Waals surface area contributed by atoms with E-state index >= 15 is 0 Å². The predicted molar refractivity (Wildman–Crippen MR) is 74.0 cm³/mol. The smallest absolute Gasteiger partial charge is 0.137 e. The van der Waals surface area contributed by atoms with Crippen molar-refractivity contribution in [3.63, 3.8) is 0 Å². The molecule has 3 heteroatoms. The van der Waals surface area contributed by atoms with Crippen LogP contribution in [0.5, 0.6) is 0 Å². The summed E-state index contributed by atoms with van der Waals surface area (Å²) in [5, 5.41) is 3.20. The normalized spacial score (nSPS) is 11.1. The zero-order valence-electron chi connectivity index (χ0n) is 10.9. The first kappa shape index (κ1) is 14.5. The van der Waals surface area contributed by atoms with Crippen molar-refractivity contribution in [1.29, 1.82) is 0 Å². The van der Waals surface area contributed by atoms with E-state index < -0.39 is 0 Å². The summed E-state index contributed by atoms with van der Waals surface area (Å²) in [6.07, 6.45) is 1.13. The summed E-state index contributed by atoms with van der Waals surface area (Å²) in [6, 6.07) is 5.54. The Bertz CT molecular complexity index is 339. The van der Waals surface area contributed by atoms with Crippen molar-refractivity contribution < 1.29 is 4.39 Å². The third-order valence-electron chi connectivity index (χ3n) is 2.53. The quantitative estimate of drug-likeness (QED) is 0.737. The molecule has 0 aliphatic carbocycles. The van der Waals surface area contributed by atoms with Crippen molar-refractivity contribution >= 4 is 11.8 Å². The van der Waals surface area contributed by atoms with Crippen LogP contribution in [-0.2, 0) is 6.54 Å². The lowest BCUT2D eigenvalue weighted by atomic mass is 10.2. The van der Waals surface area contributed by atoms with Gasteiger partial charge < -0.3 is 5.32 Å². The molecule has 0 aromatic heterocycles. The van der Waals surface area contributed by atoms with Crippen molar-refractivity contribution in [2.75, 3.05) is 12.3 Å². The molecule has 1 nitrogen and oxygen atoms in total. The number of rotatable bonds is 7. The van der Waals surface area contributed by atoms with Crippen LogP contribution >= 0.6 is 11.8 Å². The first-order valence-electron chi connectivity index (χ1n) is 6.25. The van der Waals surface area contributed by atoms with Gasteiger partial charge in [-0.25, -0.2) is 4.39 Å². The molecule has 0 aliphatic rings. The number of nitrogens with one attached hydrogen (secondary N) is 1. The van der Waals surface area contributed by atoms with Crippen LogP contribution in [0, 0.1) is 11.7 Å². The Kier molecular flexibility index (Phi) is 6.60. The van der Waals surface area contributed by atoms with E-state index in [4.69, 9.17) is 0 Å². The fourth-order valence-corrected chi connectivity index (χ4v) is 2.62. The van der Waals surface area contributed by atoms with Gasteiger partial charge in [0.15, 0.2) is 0 Å². The van der Waals surface area contributed by atoms with Crippen molar-refractivity contribution in [3.05, 3.63) is 29.6 Å². The average Bonchev–Trinajstić information content (AvgIpc) is 2.28. The van der Waals surface area contributed by atoms with Gasteiger partial charge in [0, 0.05) is 11.4 Å². The monoisotopic (exact) mass is 255 g/mol. The minimum atomic E-state index is -0.0887. The molecule has 0 amide bonds. The zero-order valence-corrected chi connectivity index (χ0v) is 11.7. The summed E-state index contributed by atoms with van der Waals surface area (Å²) < 4.78 is 13.8. The van der Waals surface area contributed by atoms with Crippen LogP contribution in [0.3, 0.4) is 0 Å². The largest absolute Gasteiger partial charge is 0.313 e. The molecule has 0 fully saturated rings. The Labute approximate surface area is 108 Å². The molecule has 1 aromatic carbocycles. The van der Waals surface area contributed by atoms with Crippen LogP contribution in [0.15, 0.2) is 23.1 Å². The summed E-state index contributed by atoms with van der Waals surface area (Å²) in [6.45, 7) is 8.08. The number of hydrogen-bond donors (Lipinski definition) is 1. The van der Waals surface area contributed by atoms with Gasteiger partial charge in [0.25, 0.3) is 0 Å². The van der Waals surface area contributed by atoms with E-state index in [0.717, 1.165) is 35.7 Å². The minimum Gasteiger partial charge on any atom is -0.313 e. The molecular formula is C14H22FNS. The molecule has 0 saturated carbocycles. The van der Waals surface area contributed by atoms with Crippen LogP contribution < -0.4 is 5.32 Å². The Morgan fingerprint density at radius 2 is 2.12 bits per heavy atom. The molecule has 96 valence electrons. The average molecular weight is 255 g/mol. The van der Waals surface area contributed by atoms with Crippen LogP contribution in [0.4, 0.5) is 4.39 Å². The molecule has 1 rings (SSSR count). The number of halogens is 1. The van der Waals surface area contributed by atoms with E-state index in [0.29, 0.717) is 5.92 Å². The Hall–Kier alpha value is -0.540. The van der Waals surface area contributed by atoms with Gasteiger partial charge in [-0.1, -0.05) is 26.8 Å². The Balaban J connectivity index is 2.50. The topological polar surface area (TPSA) is 12.0 Å². The van der Waals surface area contributed by atoms with E-state index in [-0.39, 0.29) is 5.82 Å². The molecule has 0 heterocycles. The maximum Gasteiger partial charge on any atom is 0.137 e. The van der Waals surface area contributed by atoms with E-state index in [1.165, 1.54) is 0 Å². The second kappa shape index (κ2) is 7.72. The lowest BCUT2D eigenvalue weighted by Gasteiger charge is -2.07. The van der Waals surface area contributed by atoms with Crippen molar-refractivity contribution in [1.82, 2.24) is 5.32 Å². The number of hydrogen-bond acceptors (Lipinski definition) is 2. The van der Waals surface area contributed by atoms with Gasteiger partial charge in [-0.3, -0.25) is 0 Å². The number of thioether (sulfide) groups is 1. The highest BCUT2D eigenvalue weighted by Crippen LogP contribution is 2.24. The fourth-order valence-electron chi connectivity index (χ4n) is 1.45. The van der Waals surface area contributed by atoms with Crippen molar-refractivity contribution in [2.24, 2.45) is 5.92 Å². The van der Waals surface area contributed by atoms with Crippen molar-refractivity contribution in [3.8, 4) is 0 Å². The maximum atomic E-state index is 13.8. The lowest BCUT2D eigenvalue weighted by Crippen LogP contribution is -2.11. The van der Waals surface area contributed by atoms with Crippen LogP contribution in [-0.4, -0.2) is 12.3 Å². The molecule has 0 radical (unpaired) electrons. The van der Waals surface area contributed by atoms with Gasteiger partial charge in [-0.05, 0) is 42.3 Å². The summed E-state index contributed by atoms with van der Waals surface area (Å²) in [5.74, 6) is 1.58. The third kappa shape index (κ3) is 5.55. The zero-order chi connectivity index (χ0) is 12.7. The highest BCUT2D eigenvalue weighted by atomic mass is 32.2. The first-order valence-corrected chi connectivity index (χ1v) is 7.24. The fraction of sp³-hybridized carbons (Fsp3) is 0.571. The Morgan fingerprint density at radius 1 is 1.35 bits per heavy atom. The lowest BCUT2D eigenvalue weighted by molar-refractivity contribution is 0.595.